The van der Waals surface area contributed by atoms with Gasteiger partial charge in [0.25, 0.3) is 0 Å². The van der Waals surface area contributed by atoms with Crippen molar-refractivity contribution in [2.75, 3.05) is 13.7 Å². The van der Waals surface area contributed by atoms with E-state index in [1.54, 1.807) is 0 Å². The number of hydrogen-bond donors (Lipinski definition) is 2. The van der Waals surface area contributed by atoms with Gasteiger partial charge in [-0.05, 0) is 38.6 Å². The Kier molecular flexibility index (Phi) is 3.87. The molecule has 0 aromatic carbocycles. The van der Waals surface area contributed by atoms with Crippen LogP contribution in [-0.2, 0) is 0 Å². The van der Waals surface area contributed by atoms with Gasteiger partial charge in [-0.15, -0.1) is 0 Å². The van der Waals surface area contributed by atoms with Crippen molar-refractivity contribution in [2.24, 2.45) is 5.92 Å². The van der Waals surface area contributed by atoms with E-state index in [0.29, 0.717) is 12.6 Å². The van der Waals surface area contributed by atoms with E-state index in [9.17, 15) is 0 Å². The van der Waals surface area contributed by atoms with Crippen LogP contribution in [0.3, 0.4) is 0 Å². The summed E-state index contributed by atoms with van der Waals surface area (Å²) in [4.78, 5) is 0. The summed E-state index contributed by atoms with van der Waals surface area (Å²) in [6.07, 6.45) is 6.26. The quantitative estimate of drug-likeness (QED) is 0.627. The molecule has 0 radical (unpaired) electrons. The minimum Gasteiger partial charge on any atom is -0.396 e. The molecule has 2 N–H and O–H groups in total. The predicted molar refractivity (Wildman–Crippen MR) is 46.5 cm³/mol. The van der Waals surface area contributed by atoms with Crippen LogP contribution in [0, 0.1) is 5.92 Å². The first-order chi connectivity index (χ1) is 5.38. The van der Waals surface area contributed by atoms with E-state index in [1.165, 1.54) is 19.3 Å². The maximum Gasteiger partial charge on any atom is 0.0431 e. The number of nitrogens with one attached hydrogen (secondary N) is 1. The summed E-state index contributed by atoms with van der Waals surface area (Å²) in [6, 6.07) is 0.663. The van der Waals surface area contributed by atoms with Crippen LogP contribution < -0.4 is 5.32 Å². The van der Waals surface area contributed by atoms with Gasteiger partial charge in [-0.2, -0.15) is 0 Å². The number of aliphatic hydroxyl groups is 1. The molecule has 0 aromatic heterocycles. The Bertz CT molecular complexity index is 102. The van der Waals surface area contributed by atoms with Gasteiger partial charge in [0.15, 0.2) is 0 Å². The monoisotopic (exact) mass is 157 g/mol. The molecular weight excluding hydrogens is 138 g/mol. The summed E-state index contributed by atoms with van der Waals surface area (Å²) in [5.74, 6) is 0.895. The SMILES string of the molecule is CNC(CCCO)C1CCC1. The Balaban J connectivity index is 2.13. The Morgan fingerprint density at radius 3 is 2.64 bits per heavy atom. The molecule has 1 aliphatic carbocycles. The van der Waals surface area contributed by atoms with Gasteiger partial charge in [0, 0.05) is 12.6 Å². The van der Waals surface area contributed by atoms with Gasteiger partial charge >= 0.3 is 0 Å². The normalized spacial score (nSPS) is 21.3. The lowest BCUT2D eigenvalue weighted by molar-refractivity contribution is 0.207. The van der Waals surface area contributed by atoms with Crippen molar-refractivity contribution >= 4 is 0 Å². The van der Waals surface area contributed by atoms with Gasteiger partial charge in [0.1, 0.15) is 0 Å². The third kappa shape index (κ3) is 2.46. The van der Waals surface area contributed by atoms with Crippen molar-refractivity contribution in [2.45, 2.75) is 38.1 Å². The zero-order chi connectivity index (χ0) is 8.10. The van der Waals surface area contributed by atoms with Crippen molar-refractivity contribution in [3.8, 4) is 0 Å². The molecule has 0 heterocycles. The molecule has 0 saturated heterocycles. The average molecular weight is 157 g/mol. The first kappa shape index (κ1) is 9.01. The number of aliphatic hydroxyl groups excluding tert-OH is 1. The molecule has 0 aromatic rings. The van der Waals surface area contributed by atoms with E-state index in [2.05, 4.69) is 5.32 Å². The molecule has 66 valence electrons. The summed E-state index contributed by atoms with van der Waals surface area (Å²) < 4.78 is 0. The van der Waals surface area contributed by atoms with E-state index in [-0.39, 0.29) is 0 Å². The lowest BCUT2D eigenvalue weighted by atomic mass is 9.78. The van der Waals surface area contributed by atoms with Crippen molar-refractivity contribution in [1.82, 2.24) is 5.32 Å². The second-order valence-electron chi connectivity index (χ2n) is 3.45. The molecule has 0 bridgehead atoms. The fraction of sp³-hybridized carbons (Fsp3) is 1.00. The molecule has 1 aliphatic rings. The third-order valence-corrected chi connectivity index (χ3v) is 2.76. The zero-order valence-electron chi connectivity index (χ0n) is 7.34. The molecule has 11 heavy (non-hydrogen) atoms. The van der Waals surface area contributed by atoms with E-state index in [1.807, 2.05) is 7.05 Å². The number of hydrogen-bond acceptors (Lipinski definition) is 2. The van der Waals surface area contributed by atoms with Crippen LogP contribution in [0.25, 0.3) is 0 Å². The Labute approximate surface area is 69.0 Å². The van der Waals surface area contributed by atoms with Crippen LogP contribution in [0.4, 0.5) is 0 Å². The summed E-state index contributed by atoms with van der Waals surface area (Å²) in [5.41, 5.74) is 0. The second-order valence-corrected chi connectivity index (χ2v) is 3.45. The Hall–Kier alpha value is -0.0800. The van der Waals surface area contributed by atoms with E-state index in [0.717, 1.165) is 18.8 Å². The van der Waals surface area contributed by atoms with Crippen LogP contribution in [0.5, 0.6) is 0 Å². The van der Waals surface area contributed by atoms with E-state index in [4.69, 9.17) is 5.11 Å². The number of rotatable bonds is 5. The minimum absolute atomic E-state index is 0.338. The molecule has 0 spiro atoms. The largest absolute Gasteiger partial charge is 0.396 e. The van der Waals surface area contributed by atoms with Crippen LogP contribution in [0.15, 0.2) is 0 Å². The van der Waals surface area contributed by atoms with Gasteiger partial charge in [0.2, 0.25) is 0 Å². The summed E-state index contributed by atoms with van der Waals surface area (Å²) >= 11 is 0. The molecule has 1 fully saturated rings. The van der Waals surface area contributed by atoms with Crippen LogP contribution in [0.1, 0.15) is 32.1 Å². The summed E-state index contributed by atoms with van der Waals surface area (Å²) in [5, 5.41) is 12.0. The molecule has 1 saturated carbocycles. The van der Waals surface area contributed by atoms with Gasteiger partial charge in [-0.1, -0.05) is 6.42 Å². The highest BCUT2D eigenvalue weighted by Gasteiger charge is 2.25. The fourth-order valence-corrected chi connectivity index (χ4v) is 1.77. The molecule has 1 rings (SSSR count). The van der Waals surface area contributed by atoms with Crippen molar-refractivity contribution in [3.05, 3.63) is 0 Å². The molecule has 2 heteroatoms. The molecule has 1 atom stereocenters. The minimum atomic E-state index is 0.338. The van der Waals surface area contributed by atoms with E-state index >= 15 is 0 Å². The predicted octanol–water partition coefficient (Wildman–Crippen LogP) is 1.15. The smallest absolute Gasteiger partial charge is 0.0431 e. The second kappa shape index (κ2) is 4.73. The van der Waals surface area contributed by atoms with Crippen molar-refractivity contribution < 1.29 is 5.11 Å². The van der Waals surface area contributed by atoms with Crippen molar-refractivity contribution in [1.29, 1.82) is 0 Å². The topological polar surface area (TPSA) is 32.3 Å². The van der Waals surface area contributed by atoms with Gasteiger partial charge < -0.3 is 10.4 Å². The Morgan fingerprint density at radius 2 is 2.27 bits per heavy atom. The molecule has 1 unspecified atom stereocenters. The zero-order valence-corrected chi connectivity index (χ0v) is 7.34. The third-order valence-electron chi connectivity index (χ3n) is 2.76. The van der Waals surface area contributed by atoms with Crippen LogP contribution in [-0.4, -0.2) is 24.8 Å². The average Bonchev–Trinajstić information content (AvgIpc) is 1.93. The fourth-order valence-electron chi connectivity index (χ4n) is 1.77. The maximum atomic E-state index is 8.66. The lowest BCUT2D eigenvalue weighted by Gasteiger charge is -2.33. The standard InChI is InChI=1S/C9H19NO/c1-10-9(6-3-7-11)8-4-2-5-8/h8-11H,2-7H2,1H3. The molecular formula is C9H19NO. The van der Waals surface area contributed by atoms with Gasteiger partial charge in [-0.25, -0.2) is 0 Å². The molecule has 0 aliphatic heterocycles. The highest BCUT2D eigenvalue weighted by Crippen LogP contribution is 2.31. The van der Waals surface area contributed by atoms with Gasteiger partial charge in [-0.3, -0.25) is 0 Å². The summed E-state index contributed by atoms with van der Waals surface area (Å²) in [7, 11) is 2.03. The Morgan fingerprint density at radius 1 is 1.55 bits per heavy atom. The summed E-state index contributed by atoms with van der Waals surface area (Å²) in [6.45, 7) is 0.338. The van der Waals surface area contributed by atoms with Crippen molar-refractivity contribution in [3.63, 3.8) is 0 Å². The van der Waals surface area contributed by atoms with Crippen LogP contribution >= 0.6 is 0 Å². The first-order valence-corrected chi connectivity index (χ1v) is 4.66. The molecule has 2 nitrogen and oxygen atoms in total. The highest BCUT2D eigenvalue weighted by molar-refractivity contribution is 4.81. The van der Waals surface area contributed by atoms with Crippen LogP contribution in [0.2, 0.25) is 0 Å². The lowest BCUT2D eigenvalue weighted by Crippen LogP contribution is -2.37. The highest BCUT2D eigenvalue weighted by atomic mass is 16.2. The van der Waals surface area contributed by atoms with Gasteiger partial charge in [0.05, 0.1) is 0 Å². The first-order valence-electron chi connectivity index (χ1n) is 4.66. The molecule has 0 amide bonds. The van der Waals surface area contributed by atoms with E-state index < -0.39 is 0 Å². The maximum absolute atomic E-state index is 8.66.